The maximum atomic E-state index is 14.0. The van der Waals surface area contributed by atoms with E-state index in [0.717, 1.165) is 0 Å². The summed E-state index contributed by atoms with van der Waals surface area (Å²) in [5, 5.41) is 25.7. The molecule has 23 nitrogen and oxygen atoms in total. The number of hydrogen-bond acceptors (Lipinski definition) is 12. The van der Waals surface area contributed by atoms with Crippen LogP contribution in [0.25, 0.3) is 0 Å². The number of aromatic hydroxyl groups is 1. The van der Waals surface area contributed by atoms with Crippen LogP contribution in [0.15, 0.2) is 34.3 Å². The molecule has 360 valence electrons. The minimum absolute atomic E-state index is 0.0222. The number of hydrogen-bond donors (Lipinski definition) is 14. The zero-order valence-electron chi connectivity index (χ0n) is 37.6. The van der Waals surface area contributed by atoms with Crippen molar-refractivity contribution in [3.63, 3.8) is 0 Å². The Labute approximate surface area is 375 Å². The van der Waals surface area contributed by atoms with Crippen molar-refractivity contribution in [1.29, 1.82) is 0 Å². The Hall–Kier alpha value is -6.23. The highest BCUT2D eigenvalue weighted by atomic mass is 16.3. The summed E-state index contributed by atoms with van der Waals surface area (Å²) in [6.07, 6.45) is 2.84. The molecule has 7 atom stereocenters. The van der Waals surface area contributed by atoms with Gasteiger partial charge in [0.1, 0.15) is 42.0 Å². The van der Waals surface area contributed by atoms with Crippen LogP contribution in [-0.2, 0) is 40.0 Å². The van der Waals surface area contributed by atoms with Crippen LogP contribution < -0.4 is 72.0 Å². The van der Waals surface area contributed by atoms with Crippen LogP contribution in [0.4, 0.5) is 0 Å². The molecule has 0 aliphatic rings. The predicted octanol–water partition coefficient (Wildman–Crippen LogP) is -3.24. The van der Waals surface area contributed by atoms with Crippen molar-refractivity contribution in [1.82, 2.24) is 31.9 Å². The molecule has 0 heterocycles. The second kappa shape index (κ2) is 30.0. The first-order chi connectivity index (χ1) is 30.2. The number of aliphatic imine (C=N–C) groups is 2. The number of primary amides is 1. The molecule has 7 amide bonds. The molecule has 0 aliphatic heterocycles. The smallest absolute Gasteiger partial charge is 0.244 e. The van der Waals surface area contributed by atoms with E-state index >= 15 is 0 Å². The lowest BCUT2D eigenvalue weighted by Gasteiger charge is -2.27. The highest BCUT2D eigenvalue weighted by Gasteiger charge is 2.33. The van der Waals surface area contributed by atoms with E-state index in [0.29, 0.717) is 31.2 Å². The van der Waals surface area contributed by atoms with Crippen LogP contribution >= 0.6 is 0 Å². The normalized spacial score (nSPS) is 14.2. The van der Waals surface area contributed by atoms with E-state index < -0.39 is 83.6 Å². The predicted molar refractivity (Wildman–Crippen MR) is 243 cm³/mol. The number of nitrogens with two attached hydrogens (primary N) is 7. The van der Waals surface area contributed by atoms with Gasteiger partial charge in [0.15, 0.2) is 11.9 Å². The summed E-state index contributed by atoms with van der Waals surface area (Å²) >= 11 is 0. The molecule has 0 fully saturated rings. The van der Waals surface area contributed by atoms with Gasteiger partial charge in [-0.2, -0.15) is 0 Å². The molecule has 1 aromatic carbocycles. The highest BCUT2D eigenvalue weighted by Crippen LogP contribution is 2.13. The van der Waals surface area contributed by atoms with Gasteiger partial charge in [-0.05, 0) is 75.0 Å². The molecule has 0 aliphatic carbocycles. The van der Waals surface area contributed by atoms with E-state index in [1.165, 1.54) is 12.1 Å². The minimum Gasteiger partial charge on any atom is -0.508 e. The summed E-state index contributed by atoms with van der Waals surface area (Å²) in [7, 11) is 0. The van der Waals surface area contributed by atoms with Gasteiger partial charge in [0.05, 0.1) is 6.04 Å². The second-order valence-corrected chi connectivity index (χ2v) is 15.9. The van der Waals surface area contributed by atoms with Crippen LogP contribution in [-0.4, -0.2) is 120 Å². The second-order valence-electron chi connectivity index (χ2n) is 15.9. The third-order valence-electron chi connectivity index (χ3n) is 9.87. The average molecular weight is 904 g/mol. The lowest BCUT2D eigenvalue weighted by molar-refractivity contribution is -0.135. The van der Waals surface area contributed by atoms with Crippen molar-refractivity contribution in [3.8, 4) is 5.75 Å². The topological polar surface area (TPSA) is 419 Å². The lowest BCUT2D eigenvalue weighted by Crippen LogP contribution is -2.61. The van der Waals surface area contributed by atoms with Gasteiger partial charge in [0.25, 0.3) is 0 Å². The molecule has 0 saturated carbocycles. The number of carbonyl (C=O) groups excluding carboxylic acids is 7. The summed E-state index contributed by atoms with van der Waals surface area (Å²) in [5.41, 5.74) is 39.7. The standard InChI is InChI=1S/C41H73N15O8/c1-5-9-28(52-34(59)26(43)11-7-19-49-40(45)46)35(60)54-30(12-8-20-50-41(47)48)37(62)53-29(10-6-2)36(61)55-31(21-24-14-16-25(57)17-15-24)38(63)56-32(22-42)39(64)51-27(33(44)58)18-13-23(3)4/h14-17,23,26-32,57H,5-13,18-22,42-43H2,1-4H3,(H2,44,58)(H,51,64)(H,52,59)(H,53,62)(H,54,60)(H,55,61)(H,56,63)(H4,45,46,49)(H4,47,48,50)/t26-,27-,28-,29-,30-,31-,32-/m0/s1. The van der Waals surface area contributed by atoms with E-state index in [1.54, 1.807) is 19.1 Å². The highest BCUT2D eigenvalue weighted by molar-refractivity contribution is 5.97. The van der Waals surface area contributed by atoms with E-state index in [-0.39, 0.29) is 88.2 Å². The summed E-state index contributed by atoms with van der Waals surface area (Å²) in [4.78, 5) is 102. The SMILES string of the molecule is CCC[C@H](NC(=O)[C@H](CCCN=C(N)N)NC(=O)[C@H](CCC)NC(=O)[C@@H](N)CCCN=C(N)N)C(=O)N[C@@H](Cc1ccc(O)cc1)C(=O)N[C@@H](CN)C(=O)N[C@@H](CCC(C)C)C(N)=O. The van der Waals surface area contributed by atoms with Gasteiger partial charge in [-0.1, -0.05) is 52.7 Å². The Kier molecular flexibility index (Phi) is 26.1. The lowest BCUT2D eigenvalue weighted by atomic mass is 10.0. The first-order valence-corrected chi connectivity index (χ1v) is 21.7. The number of amides is 7. The zero-order valence-corrected chi connectivity index (χ0v) is 37.6. The number of phenols is 1. The summed E-state index contributed by atoms with van der Waals surface area (Å²) in [6.45, 7) is 7.48. The van der Waals surface area contributed by atoms with Gasteiger partial charge >= 0.3 is 0 Å². The Balaban J connectivity index is 3.37. The number of carbonyl (C=O) groups is 7. The number of rotatable bonds is 31. The summed E-state index contributed by atoms with van der Waals surface area (Å²) in [5.74, 6) is -5.19. The molecular weight excluding hydrogens is 831 g/mol. The summed E-state index contributed by atoms with van der Waals surface area (Å²) in [6, 6.07) is -2.30. The molecule has 0 saturated heterocycles. The summed E-state index contributed by atoms with van der Waals surface area (Å²) < 4.78 is 0. The fraction of sp³-hybridized carbons (Fsp3) is 0.634. The van der Waals surface area contributed by atoms with Crippen LogP contribution in [0.2, 0.25) is 0 Å². The molecule has 1 aromatic rings. The quantitative estimate of drug-likeness (QED) is 0.0198. The van der Waals surface area contributed by atoms with Crippen LogP contribution in [0.1, 0.15) is 97.5 Å². The van der Waals surface area contributed by atoms with E-state index in [1.807, 2.05) is 20.8 Å². The molecule has 1 rings (SSSR count). The Morgan fingerprint density at radius 1 is 0.547 bits per heavy atom. The third-order valence-corrected chi connectivity index (χ3v) is 9.87. The van der Waals surface area contributed by atoms with Gasteiger partial charge in [0.2, 0.25) is 41.4 Å². The molecule has 0 unspecified atom stereocenters. The molecule has 0 bridgehead atoms. The number of guanidine groups is 2. The Morgan fingerprint density at radius 2 is 0.953 bits per heavy atom. The Bertz CT molecular complexity index is 1720. The fourth-order valence-electron chi connectivity index (χ4n) is 6.27. The minimum atomic E-state index is -1.34. The fourth-order valence-corrected chi connectivity index (χ4v) is 6.27. The van der Waals surface area contributed by atoms with Crippen molar-refractivity contribution in [3.05, 3.63) is 29.8 Å². The van der Waals surface area contributed by atoms with Gasteiger partial charge in [-0.3, -0.25) is 43.5 Å². The van der Waals surface area contributed by atoms with Crippen molar-refractivity contribution in [2.24, 2.45) is 56.0 Å². The van der Waals surface area contributed by atoms with Gasteiger partial charge < -0.3 is 77.1 Å². The maximum Gasteiger partial charge on any atom is 0.244 e. The van der Waals surface area contributed by atoms with Crippen LogP contribution in [0, 0.1) is 5.92 Å². The number of phenolic OH excluding ortho intramolecular Hbond substituents is 1. The monoisotopic (exact) mass is 904 g/mol. The number of benzene rings is 1. The van der Waals surface area contributed by atoms with Crippen LogP contribution in [0.3, 0.4) is 0 Å². The van der Waals surface area contributed by atoms with Crippen molar-refractivity contribution in [2.45, 2.75) is 141 Å². The van der Waals surface area contributed by atoms with Crippen molar-refractivity contribution in [2.75, 3.05) is 19.6 Å². The van der Waals surface area contributed by atoms with Crippen LogP contribution in [0.5, 0.6) is 5.75 Å². The molecule has 21 N–H and O–H groups in total. The molecule has 0 spiro atoms. The maximum absolute atomic E-state index is 14.0. The first-order valence-electron chi connectivity index (χ1n) is 21.7. The molecule has 0 radical (unpaired) electrons. The van der Waals surface area contributed by atoms with Gasteiger partial charge in [0, 0.05) is 26.1 Å². The molecule has 23 heteroatoms. The average Bonchev–Trinajstić information content (AvgIpc) is 3.23. The van der Waals surface area contributed by atoms with Gasteiger partial charge in [-0.15, -0.1) is 0 Å². The van der Waals surface area contributed by atoms with E-state index in [9.17, 15) is 38.7 Å². The van der Waals surface area contributed by atoms with E-state index in [2.05, 4.69) is 41.9 Å². The molecular formula is C41H73N15O8. The third kappa shape index (κ3) is 22.2. The number of nitrogens with one attached hydrogen (secondary N) is 6. The van der Waals surface area contributed by atoms with Gasteiger partial charge in [-0.25, -0.2) is 0 Å². The first kappa shape index (κ1) is 55.8. The zero-order chi connectivity index (χ0) is 48.4. The largest absolute Gasteiger partial charge is 0.508 e. The van der Waals surface area contributed by atoms with E-state index in [4.69, 9.17) is 40.1 Å². The molecule has 0 aromatic heterocycles. The number of nitrogens with zero attached hydrogens (tertiary/aromatic N) is 2. The van der Waals surface area contributed by atoms with Crippen molar-refractivity contribution < 1.29 is 38.7 Å². The van der Waals surface area contributed by atoms with Crippen molar-refractivity contribution >= 4 is 53.3 Å². The molecule has 64 heavy (non-hydrogen) atoms. The Morgan fingerprint density at radius 3 is 1.41 bits per heavy atom.